The highest BCUT2D eigenvalue weighted by Gasteiger charge is 2.49. The number of fused-ring (bicyclic) bond motifs is 7. The molecule has 0 radical (unpaired) electrons. The Morgan fingerprint density at radius 1 is 1.15 bits per heavy atom. The van der Waals surface area contributed by atoms with Crippen molar-refractivity contribution >= 4 is 33.9 Å². The van der Waals surface area contributed by atoms with Crippen LogP contribution in [-0.4, -0.2) is 84.0 Å². The van der Waals surface area contributed by atoms with E-state index in [0.29, 0.717) is 65.1 Å². The van der Waals surface area contributed by atoms with Crippen LogP contribution in [0.15, 0.2) is 4.52 Å². The molecule has 2 saturated heterocycles. The number of likely N-dealkylation sites (tertiary alicyclic amines) is 1. The first kappa shape index (κ1) is 29.7. The molecule has 0 bridgehead atoms. The molecule has 12 nitrogen and oxygen atoms in total. The fourth-order valence-electron chi connectivity index (χ4n) is 8.67. The van der Waals surface area contributed by atoms with Gasteiger partial charge in [0.05, 0.1) is 23.6 Å². The van der Waals surface area contributed by atoms with E-state index in [2.05, 4.69) is 35.2 Å². The summed E-state index contributed by atoms with van der Waals surface area (Å²) in [5.41, 5.74) is 9.83. The third kappa shape index (κ3) is 4.59. The van der Waals surface area contributed by atoms with Gasteiger partial charge in [-0.3, -0.25) is 5.41 Å². The molecule has 46 heavy (non-hydrogen) atoms. The molecule has 3 aromatic heterocycles. The lowest BCUT2D eigenvalue weighted by Crippen LogP contribution is -2.41. The molecule has 0 saturated carbocycles. The van der Waals surface area contributed by atoms with Gasteiger partial charge in [0, 0.05) is 35.7 Å². The zero-order valence-corrected chi connectivity index (χ0v) is 27.3. The molecular formula is C33H41N9O3S. The van der Waals surface area contributed by atoms with E-state index in [4.69, 9.17) is 40.3 Å². The average molecular weight is 644 g/mol. The zero-order valence-electron chi connectivity index (χ0n) is 26.5. The maximum atomic E-state index is 10.1. The number of ether oxygens (including phenoxy) is 2. The van der Waals surface area contributed by atoms with Crippen LogP contribution in [0.1, 0.15) is 84.8 Å². The molecule has 4 atom stereocenters. The fourth-order valence-corrected chi connectivity index (χ4v) is 9.83. The molecule has 4 unspecified atom stereocenters. The van der Waals surface area contributed by atoms with Gasteiger partial charge in [-0.25, -0.2) is 9.97 Å². The summed E-state index contributed by atoms with van der Waals surface area (Å²) in [6.07, 6.45) is 8.55. The molecule has 8 rings (SSSR count). The Balaban J connectivity index is 1.28. The van der Waals surface area contributed by atoms with E-state index >= 15 is 0 Å². The van der Waals surface area contributed by atoms with E-state index in [0.717, 1.165) is 87.8 Å². The Morgan fingerprint density at radius 3 is 2.80 bits per heavy atom. The SMILES string of the molecule is CC(Nc1nc(-c2noc3c2CCCC32CCCc3sc(N)c(C#N)c32)nc2c1C(=N)OCC1COCCCN21)C1CCCN1C. The number of nitrogens with one attached hydrogen (secondary N) is 2. The maximum absolute atomic E-state index is 10.1. The van der Waals surface area contributed by atoms with E-state index in [-0.39, 0.29) is 18.0 Å². The van der Waals surface area contributed by atoms with Crippen molar-refractivity contribution in [1.29, 1.82) is 10.7 Å². The molecule has 5 aliphatic rings. The van der Waals surface area contributed by atoms with Gasteiger partial charge in [-0.2, -0.15) is 5.26 Å². The summed E-state index contributed by atoms with van der Waals surface area (Å²) in [5.74, 6) is 2.64. The number of rotatable bonds is 4. The second-order valence-corrected chi connectivity index (χ2v) is 14.6. The number of nitrogens with zero attached hydrogens (tertiary/aromatic N) is 6. The first-order chi connectivity index (χ1) is 22.4. The van der Waals surface area contributed by atoms with Crippen LogP contribution >= 0.6 is 11.3 Å². The number of nitriles is 1. The third-order valence-electron chi connectivity index (χ3n) is 10.8. The standard InChI is InChI=1S/C33H41N9O3S/c1-18(22-8-5-12-41(22)2)37-30-24-28(35)44-17-19-16-43-14-6-13-42(19)32(24)39-31(38-30)26-20-7-3-10-33(27(20)45-40-26)11-4-9-23-25(33)21(15-34)29(36)46-23/h18-19,22,35H,3-14,16-17,36H2,1-2H3,(H,37,38,39). The lowest BCUT2D eigenvalue weighted by atomic mass is 9.63. The molecule has 2 fully saturated rings. The lowest BCUT2D eigenvalue weighted by Gasteiger charge is -2.39. The number of thiophene rings is 1. The minimum Gasteiger partial charge on any atom is -0.475 e. The minimum atomic E-state index is -0.427. The van der Waals surface area contributed by atoms with E-state index in [9.17, 15) is 5.26 Å². The molecule has 6 heterocycles. The van der Waals surface area contributed by atoms with Gasteiger partial charge in [0.2, 0.25) is 5.90 Å². The van der Waals surface area contributed by atoms with Gasteiger partial charge in [0.15, 0.2) is 17.3 Å². The summed E-state index contributed by atoms with van der Waals surface area (Å²) in [7, 11) is 2.17. The number of likely N-dealkylation sites (N-methyl/N-ethyl adjacent to an activating group) is 1. The highest BCUT2D eigenvalue weighted by molar-refractivity contribution is 7.16. The van der Waals surface area contributed by atoms with E-state index in [1.807, 2.05) is 0 Å². The van der Waals surface area contributed by atoms with Crippen molar-refractivity contribution in [2.24, 2.45) is 0 Å². The van der Waals surface area contributed by atoms with Gasteiger partial charge in [-0.1, -0.05) is 5.16 Å². The molecule has 0 aromatic carbocycles. The second kappa shape index (κ2) is 11.5. The average Bonchev–Trinajstić information content (AvgIpc) is 3.69. The number of nitrogens with two attached hydrogens (primary N) is 1. The predicted octanol–water partition coefficient (Wildman–Crippen LogP) is 4.45. The molecule has 3 aliphatic heterocycles. The van der Waals surface area contributed by atoms with Gasteiger partial charge < -0.3 is 34.8 Å². The monoisotopic (exact) mass is 643 g/mol. The number of aromatic nitrogens is 3. The third-order valence-corrected chi connectivity index (χ3v) is 11.9. The Kier molecular flexibility index (Phi) is 7.42. The Hall–Kier alpha value is -3.73. The number of hydrogen-bond donors (Lipinski definition) is 3. The van der Waals surface area contributed by atoms with Crippen molar-refractivity contribution < 1.29 is 14.0 Å². The second-order valence-electron chi connectivity index (χ2n) is 13.5. The highest BCUT2D eigenvalue weighted by Crippen LogP contribution is 2.55. The summed E-state index contributed by atoms with van der Waals surface area (Å²) < 4.78 is 18.3. The summed E-state index contributed by atoms with van der Waals surface area (Å²) in [6, 6.07) is 2.78. The van der Waals surface area contributed by atoms with Crippen LogP contribution in [0.5, 0.6) is 0 Å². The largest absolute Gasteiger partial charge is 0.475 e. The van der Waals surface area contributed by atoms with Crippen molar-refractivity contribution in [1.82, 2.24) is 20.0 Å². The molecule has 4 N–H and O–H groups in total. The molecule has 242 valence electrons. The quantitative estimate of drug-likeness (QED) is 0.368. The van der Waals surface area contributed by atoms with E-state index in [1.165, 1.54) is 4.88 Å². The molecule has 13 heteroatoms. The first-order valence-electron chi connectivity index (χ1n) is 16.7. The van der Waals surface area contributed by atoms with Gasteiger partial charge in [-0.15, -0.1) is 11.3 Å². The smallest absolute Gasteiger partial charge is 0.220 e. The van der Waals surface area contributed by atoms with Crippen LogP contribution in [0.2, 0.25) is 0 Å². The van der Waals surface area contributed by atoms with Crippen LogP contribution in [0.4, 0.5) is 16.6 Å². The van der Waals surface area contributed by atoms with Crippen molar-refractivity contribution in [2.75, 3.05) is 55.9 Å². The molecule has 3 aromatic rings. The summed E-state index contributed by atoms with van der Waals surface area (Å²) in [5, 5.41) is 28.1. The van der Waals surface area contributed by atoms with Crippen molar-refractivity contribution in [3.05, 3.63) is 32.9 Å². The van der Waals surface area contributed by atoms with Crippen molar-refractivity contribution in [3.8, 4) is 17.6 Å². The van der Waals surface area contributed by atoms with Crippen molar-refractivity contribution in [3.63, 3.8) is 0 Å². The predicted molar refractivity (Wildman–Crippen MR) is 176 cm³/mol. The molecular weight excluding hydrogens is 602 g/mol. The Labute approximate surface area is 272 Å². The molecule has 2 aliphatic carbocycles. The van der Waals surface area contributed by atoms with Gasteiger partial charge in [0.25, 0.3) is 0 Å². The normalized spacial score (nSPS) is 26.6. The van der Waals surface area contributed by atoms with Crippen LogP contribution in [-0.2, 0) is 27.7 Å². The highest BCUT2D eigenvalue weighted by atomic mass is 32.1. The lowest BCUT2D eigenvalue weighted by molar-refractivity contribution is 0.117. The van der Waals surface area contributed by atoms with Crippen LogP contribution < -0.4 is 16.0 Å². The topological polar surface area (TPSA) is 162 Å². The summed E-state index contributed by atoms with van der Waals surface area (Å²) in [4.78, 5) is 16.1. The minimum absolute atomic E-state index is 0.0679. The van der Waals surface area contributed by atoms with Gasteiger partial charge in [-0.05, 0) is 83.9 Å². The number of anilines is 3. The molecule has 1 spiro atoms. The number of hydrogen-bond acceptors (Lipinski definition) is 13. The Morgan fingerprint density at radius 2 is 2.00 bits per heavy atom. The fraction of sp³-hybridized carbons (Fsp3) is 0.606. The van der Waals surface area contributed by atoms with Crippen LogP contribution in [0.3, 0.4) is 0 Å². The Bertz CT molecular complexity index is 1730. The molecule has 0 amide bonds. The van der Waals surface area contributed by atoms with E-state index < -0.39 is 5.41 Å². The maximum Gasteiger partial charge on any atom is 0.220 e. The van der Waals surface area contributed by atoms with Crippen LogP contribution in [0.25, 0.3) is 11.5 Å². The zero-order chi connectivity index (χ0) is 31.6. The van der Waals surface area contributed by atoms with Gasteiger partial charge in [0.1, 0.15) is 34.9 Å². The number of nitrogen functional groups attached to an aromatic ring is 1. The van der Waals surface area contributed by atoms with Crippen LogP contribution in [0, 0.1) is 16.7 Å². The number of aryl methyl sites for hydroxylation is 1. The van der Waals surface area contributed by atoms with E-state index in [1.54, 1.807) is 11.3 Å². The van der Waals surface area contributed by atoms with Gasteiger partial charge >= 0.3 is 0 Å². The first-order valence-corrected chi connectivity index (χ1v) is 17.5. The summed E-state index contributed by atoms with van der Waals surface area (Å²) in [6.45, 7) is 5.52. The summed E-state index contributed by atoms with van der Waals surface area (Å²) >= 11 is 1.54. The van der Waals surface area contributed by atoms with Crippen molar-refractivity contribution in [2.45, 2.75) is 88.3 Å².